The molecule has 2 fully saturated rings. The normalized spacial score (nSPS) is 29.3. The second-order valence-electron chi connectivity index (χ2n) is 5.90. The molecule has 5 nitrogen and oxygen atoms in total. The van der Waals surface area contributed by atoms with Gasteiger partial charge in [0.2, 0.25) is 10.0 Å². The lowest BCUT2D eigenvalue weighted by Gasteiger charge is -2.40. The molecule has 0 spiro atoms. The predicted octanol–water partition coefficient (Wildman–Crippen LogP) is 1.35. The molecule has 1 saturated heterocycles. The van der Waals surface area contributed by atoms with Crippen molar-refractivity contribution in [2.24, 2.45) is 0 Å². The molecule has 0 aromatic carbocycles. The van der Waals surface area contributed by atoms with Gasteiger partial charge in [-0.25, -0.2) is 12.7 Å². The Morgan fingerprint density at radius 2 is 1.80 bits per heavy atom. The van der Waals surface area contributed by atoms with Crippen molar-refractivity contribution in [2.75, 3.05) is 25.4 Å². The first-order valence-electron chi connectivity index (χ1n) is 7.90. The van der Waals surface area contributed by atoms with E-state index in [0.29, 0.717) is 37.7 Å². The minimum absolute atomic E-state index is 0.282. The van der Waals surface area contributed by atoms with E-state index in [4.69, 9.17) is 4.74 Å². The van der Waals surface area contributed by atoms with Gasteiger partial charge in [-0.3, -0.25) is 0 Å². The molecular formula is C14H28N2O3S. The summed E-state index contributed by atoms with van der Waals surface area (Å²) in [7, 11) is -3.01. The molecule has 1 aliphatic carbocycles. The van der Waals surface area contributed by atoms with Gasteiger partial charge in [-0.1, -0.05) is 6.92 Å². The highest BCUT2D eigenvalue weighted by atomic mass is 32.2. The number of nitrogens with zero attached hydrogens (tertiary/aromatic N) is 1. The quantitative estimate of drug-likeness (QED) is 0.771. The first kappa shape index (κ1) is 16.2. The molecule has 1 aliphatic heterocycles. The van der Waals surface area contributed by atoms with Crippen LogP contribution in [0.1, 0.15) is 46.0 Å². The largest absolute Gasteiger partial charge is 0.378 e. The molecule has 0 aromatic heterocycles. The Kier molecular flexibility index (Phi) is 5.84. The van der Waals surface area contributed by atoms with E-state index in [0.717, 1.165) is 32.3 Å². The molecule has 20 heavy (non-hydrogen) atoms. The Hall–Kier alpha value is -0.170. The third-order valence-corrected chi connectivity index (χ3v) is 6.35. The molecule has 0 radical (unpaired) electrons. The van der Waals surface area contributed by atoms with Crippen LogP contribution >= 0.6 is 0 Å². The van der Waals surface area contributed by atoms with Crippen LogP contribution in [0.5, 0.6) is 0 Å². The summed E-state index contributed by atoms with van der Waals surface area (Å²) >= 11 is 0. The van der Waals surface area contributed by atoms with E-state index in [1.807, 2.05) is 13.8 Å². The minimum atomic E-state index is -3.01. The number of nitrogens with one attached hydrogen (secondary N) is 1. The molecule has 0 atom stereocenters. The number of sulfonamides is 1. The van der Waals surface area contributed by atoms with Crippen LogP contribution in [0.25, 0.3) is 0 Å². The molecule has 1 saturated carbocycles. The average molecular weight is 304 g/mol. The zero-order valence-electron chi connectivity index (χ0n) is 12.7. The fourth-order valence-electron chi connectivity index (χ4n) is 3.09. The van der Waals surface area contributed by atoms with Gasteiger partial charge in [0.1, 0.15) is 0 Å². The molecule has 6 heteroatoms. The minimum Gasteiger partial charge on any atom is -0.378 e. The van der Waals surface area contributed by atoms with Crippen LogP contribution in [0.2, 0.25) is 0 Å². The van der Waals surface area contributed by atoms with Gasteiger partial charge in [0.05, 0.1) is 11.9 Å². The van der Waals surface area contributed by atoms with Crippen molar-refractivity contribution in [1.29, 1.82) is 0 Å². The fraction of sp³-hybridized carbons (Fsp3) is 1.00. The van der Waals surface area contributed by atoms with E-state index in [1.54, 1.807) is 4.31 Å². The van der Waals surface area contributed by atoms with E-state index in [9.17, 15) is 8.42 Å². The maximum Gasteiger partial charge on any atom is 0.214 e. The van der Waals surface area contributed by atoms with Crippen molar-refractivity contribution < 1.29 is 13.2 Å². The number of hydrogen-bond donors (Lipinski definition) is 1. The van der Waals surface area contributed by atoms with E-state index >= 15 is 0 Å². The smallest absolute Gasteiger partial charge is 0.214 e. The van der Waals surface area contributed by atoms with E-state index < -0.39 is 10.0 Å². The number of rotatable bonds is 7. The predicted molar refractivity (Wildman–Crippen MR) is 80.2 cm³/mol. The molecule has 0 amide bonds. The lowest BCUT2D eigenvalue weighted by Crippen LogP contribution is -2.53. The number of piperidine rings is 1. The summed E-state index contributed by atoms with van der Waals surface area (Å²) in [5.41, 5.74) is 0. The molecule has 0 bridgehead atoms. The average Bonchev–Trinajstić information content (AvgIpc) is 2.37. The summed E-state index contributed by atoms with van der Waals surface area (Å²) in [6, 6.07) is 1.03. The van der Waals surface area contributed by atoms with Gasteiger partial charge in [-0.2, -0.15) is 0 Å². The van der Waals surface area contributed by atoms with Crippen LogP contribution in [0.3, 0.4) is 0 Å². The topological polar surface area (TPSA) is 58.6 Å². The van der Waals surface area contributed by atoms with Crippen molar-refractivity contribution in [2.45, 2.75) is 64.1 Å². The second-order valence-corrected chi connectivity index (χ2v) is 7.99. The SMILES string of the molecule is CCCS(=O)(=O)N1CCC(NC2CC(OCC)C2)CC1. The van der Waals surface area contributed by atoms with Crippen molar-refractivity contribution in [1.82, 2.24) is 9.62 Å². The van der Waals surface area contributed by atoms with Crippen molar-refractivity contribution >= 4 is 10.0 Å². The van der Waals surface area contributed by atoms with E-state index in [2.05, 4.69) is 5.32 Å². The molecule has 1 heterocycles. The molecular weight excluding hydrogens is 276 g/mol. The zero-order chi connectivity index (χ0) is 14.6. The van der Waals surface area contributed by atoms with Crippen molar-refractivity contribution in [3.8, 4) is 0 Å². The molecule has 0 unspecified atom stereocenters. The standard InChI is InChI=1S/C14H28N2O3S/c1-3-9-20(17,18)16-7-5-12(6-8-16)15-13-10-14(11-13)19-4-2/h12-15H,3-11H2,1-2H3. The van der Waals surface area contributed by atoms with Crippen LogP contribution < -0.4 is 5.32 Å². The maximum absolute atomic E-state index is 12.0. The third kappa shape index (κ3) is 4.16. The molecule has 2 rings (SSSR count). The Bertz CT molecular complexity index is 385. The lowest BCUT2D eigenvalue weighted by atomic mass is 9.88. The first-order valence-corrected chi connectivity index (χ1v) is 9.51. The Morgan fingerprint density at radius 3 is 2.35 bits per heavy atom. The highest BCUT2D eigenvalue weighted by Gasteiger charge is 2.33. The van der Waals surface area contributed by atoms with Crippen molar-refractivity contribution in [3.05, 3.63) is 0 Å². The maximum atomic E-state index is 12.0. The molecule has 1 N–H and O–H groups in total. The fourth-order valence-corrected chi connectivity index (χ4v) is 4.64. The first-order chi connectivity index (χ1) is 9.55. The Labute approximate surface area is 123 Å². The summed E-state index contributed by atoms with van der Waals surface area (Å²) in [6.45, 7) is 6.08. The Balaban J connectivity index is 1.68. The monoisotopic (exact) mass is 304 g/mol. The van der Waals surface area contributed by atoms with Gasteiger partial charge >= 0.3 is 0 Å². The van der Waals surface area contributed by atoms with Crippen LogP contribution in [-0.4, -0.2) is 56.4 Å². The zero-order valence-corrected chi connectivity index (χ0v) is 13.5. The van der Waals surface area contributed by atoms with Crippen LogP contribution in [0.15, 0.2) is 0 Å². The summed E-state index contributed by atoms with van der Waals surface area (Å²) in [5.74, 6) is 0.282. The second kappa shape index (κ2) is 7.20. The van der Waals surface area contributed by atoms with Gasteiger partial charge in [0.15, 0.2) is 0 Å². The van der Waals surface area contributed by atoms with Gasteiger partial charge in [0.25, 0.3) is 0 Å². The van der Waals surface area contributed by atoms with Gasteiger partial charge in [-0.15, -0.1) is 0 Å². The Morgan fingerprint density at radius 1 is 1.15 bits per heavy atom. The van der Waals surface area contributed by atoms with Gasteiger partial charge in [-0.05, 0) is 39.0 Å². The summed E-state index contributed by atoms with van der Waals surface area (Å²) in [5, 5.41) is 3.65. The van der Waals surface area contributed by atoms with E-state index in [1.165, 1.54) is 0 Å². The number of ether oxygens (including phenoxy) is 1. The van der Waals surface area contributed by atoms with Crippen molar-refractivity contribution in [3.63, 3.8) is 0 Å². The number of hydrogen-bond acceptors (Lipinski definition) is 4. The summed E-state index contributed by atoms with van der Waals surface area (Å²) in [6.07, 6.45) is 5.19. The summed E-state index contributed by atoms with van der Waals surface area (Å²) in [4.78, 5) is 0. The van der Waals surface area contributed by atoms with E-state index in [-0.39, 0.29) is 5.75 Å². The highest BCUT2D eigenvalue weighted by molar-refractivity contribution is 7.89. The molecule has 2 aliphatic rings. The molecule has 0 aromatic rings. The van der Waals surface area contributed by atoms with Gasteiger partial charge < -0.3 is 10.1 Å². The lowest BCUT2D eigenvalue weighted by molar-refractivity contribution is -0.0136. The summed E-state index contributed by atoms with van der Waals surface area (Å²) < 4.78 is 31.2. The van der Waals surface area contributed by atoms with Crippen LogP contribution in [0, 0.1) is 0 Å². The van der Waals surface area contributed by atoms with Gasteiger partial charge in [0, 0.05) is 31.8 Å². The third-order valence-electron chi connectivity index (χ3n) is 4.28. The van der Waals surface area contributed by atoms with Crippen LogP contribution in [0.4, 0.5) is 0 Å². The molecule has 118 valence electrons. The highest BCUT2D eigenvalue weighted by Crippen LogP contribution is 2.25. The van der Waals surface area contributed by atoms with Crippen LogP contribution in [-0.2, 0) is 14.8 Å².